The van der Waals surface area contributed by atoms with Crippen molar-refractivity contribution < 1.29 is 9.59 Å². The van der Waals surface area contributed by atoms with E-state index in [2.05, 4.69) is 83.9 Å². The van der Waals surface area contributed by atoms with Crippen molar-refractivity contribution in [3.05, 3.63) is 53.0 Å². The third-order valence-corrected chi connectivity index (χ3v) is 10.8. The Hall–Kier alpha value is -3.52. The summed E-state index contributed by atoms with van der Waals surface area (Å²) in [5, 5.41) is 5.73. The van der Waals surface area contributed by atoms with Gasteiger partial charge in [-0.25, -0.2) is 9.50 Å². The van der Waals surface area contributed by atoms with Crippen molar-refractivity contribution in [3.8, 4) is 11.3 Å². The van der Waals surface area contributed by atoms with Crippen LogP contribution in [0.4, 0.5) is 0 Å². The fourth-order valence-electron chi connectivity index (χ4n) is 7.85. The lowest BCUT2D eigenvalue weighted by molar-refractivity contribution is -0.134. The molecule has 2 aliphatic rings. The number of carbonyl (C=O) groups excluding carboxylic acids is 2. The van der Waals surface area contributed by atoms with Crippen LogP contribution in [0.1, 0.15) is 99.8 Å². The van der Waals surface area contributed by atoms with E-state index in [0.29, 0.717) is 24.3 Å². The molecule has 2 unspecified atom stereocenters. The standard InChI is InChI=1S/C37H50N6O2/c1-6-27(22-44)9-10-28-8-7-15-41(19-28)21-34(45)42-16-13-29(14-17-42)30-11-12-33-31(18-30)35(24(2)3)36(40-33)32-20-43-37(38-23-39-43)26(5)25(32)4/h11-12,18,20,22-24,27-29,40H,6-10,13-17,19,21H2,1-5H3. The number of hydrogen-bond acceptors (Lipinski definition) is 5. The summed E-state index contributed by atoms with van der Waals surface area (Å²) in [6.45, 7) is 15.1. The first-order chi connectivity index (χ1) is 21.8. The third-order valence-electron chi connectivity index (χ3n) is 10.8. The molecule has 3 aromatic heterocycles. The van der Waals surface area contributed by atoms with Crippen LogP contribution in [-0.2, 0) is 9.59 Å². The van der Waals surface area contributed by atoms with Crippen molar-refractivity contribution in [1.29, 1.82) is 0 Å². The van der Waals surface area contributed by atoms with Crippen LogP contribution in [0.25, 0.3) is 27.8 Å². The molecular weight excluding hydrogens is 560 g/mol. The van der Waals surface area contributed by atoms with E-state index in [1.54, 1.807) is 6.33 Å². The van der Waals surface area contributed by atoms with Gasteiger partial charge in [0.2, 0.25) is 5.91 Å². The van der Waals surface area contributed by atoms with Crippen LogP contribution in [0.2, 0.25) is 0 Å². The van der Waals surface area contributed by atoms with E-state index in [-0.39, 0.29) is 11.8 Å². The fraction of sp³-hybridized carbons (Fsp3) is 0.568. The van der Waals surface area contributed by atoms with Gasteiger partial charge in [0.1, 0.15) is 12.6 Å². The van der Waals surface area contributed by atoms with Crippen LogP contribution >= 0.6 is 0 Å². The fourth-order valence-corrected chi connectivity index (χ4v) is 7.85. The molecule has 1 amide bonds. The number of H-pyrrole nitrogens is 1. The lowest BCUT2D eigenvalue weighted by Gasteiger charge is -2.36. The molecule has 240 valence electrons. The molecule has 2 fully saturated rings. The van der Waals surface area contributed by atoms with Gasteiger partial charge in [0.05, 0.1) is 12.2 Å². The number of rotatable bonds is 10. The number of aldehydes is 1. The van der Waals surface area contributed by atoms with Gasteiger partial charge >= 0.3 is 0 Å². The van der Waals surface area contributed by atoms with Gasteiger partial charge in [-0.1, -0.05) is 26.8 Å². The zero-order valence-corrected chi connectivity index (χ0v) is 27.8. The number of amides is 1. The Morgan fingerprint density at radius 2 is 1.91 bits per heavy atom. The molecular formula is C37H50N6O2. The van der Waals surface area contributed by atoms with Crippen molar-refractivity contribution in [3.63, 3.8) is 0 Å². The third kappa shape index (κ3) is 6.44. The Bertz CT molecular complexity index is 1660. The molecule has 1 N–H and O–H groups in total. The van der Waals surface area contributed by atoms with Crippen LogP contribution in [0.15, 0.2) is 30.7 Å². The second-order valence-electron chi connectivity index (χ2n) is 14.0. The monoisotopic (exact) mass is 610 g/mol. The summed E-state index contributed by atoms with van der Waals surface area (Å²) in [4.78, 5) is 37.3. The Morgan fingerprint density at radius 3 is 2.64 bits per heavy atom. The number of aromatic amines is 1. The number of nitrogens with zero attached hydrogens (tertiary/aromatic N) is 5. The quantitative estimate of drug-likeness (QED) is 0.195. The Kier molecular flexibility index (Phi) is 9.41. The Balaban J connectivity index is 1.12. The summed E-state index contributed by atoms with van der Waals surface area (Å²) in [5.74, 6) is 1.86. The molecule has 6 rings (SSSR count). The maximum Gasteiger partial charge on any atom is 0.236 e. The summed E-state index contributed by atoms with van der Waals surface area (Å²) in [7, 11) is 0. The minimum Gasteiger partial charge on any atom is -0.354 e. The summed E-state index contributed by atoms with van der Waals surface area (Å²) < 4.78 is 1.88. The maximum absolute atomic E-state index is 13.3. The number of pyridine rings is 1. The van der Waals surface area contributed by atoms with Gasteiger partial charge in [-0.2, -0.15) is 5.10 Å². The van der Waals surface area contributed by atoms with E-state index in [0.717, 1.165) is 87.7 Å². The maximum atomic E-state index is 13.3. The van der Waals surface area contributed by atoms with Crippen LogP contribution in [0, 0.1) is 25.7 Å². The number of benzene rings is 1. The summed E-state index contributed by atoms with van der Waals surface area (Å²) in [6, 6.07) is 6.94. The molecule has 2 aliphatic heterocycles. The van der Waals surface area contributed by atoms with Crippen LogP contribution < -0.4 is 0 Å². The minimum atomic E-state index is 0.184. The van der Waals surface area contributed by atoms with Crippen molar-refractivity contribution in [1.82, 2.24) is 29.4 Å². The van der Waals surface area contributed by atoms with Crippen molar-refractivity contribution >= 4 is 28.7 Å². The Labute approximate surface area is 267 Å². The minimum absolute atomic E-state index is 0.184. The second kappa shape index (κ2) is 13.5. The first kappa shape index (κ1) is 31.5. The SMILES string of the molecule is CCC(C=O)CCC1CCCN(CC(=O)N2CCC(c3ccc4[nH]c(-c5cn6ncnc6c(C)c5C)c(C(C)C)c4c3)CC2)C1. The largest absolute Gasteiger partial charge is 0.354 e. The highest BCUT2D eigenvalue weighted by Crippen LogP contribution is 2.40. The molecule has 0 radical (unpaired) electrons. The van der Waals surface area contributed by atoms with E-state index in [1.807, 2.05) is 4.52 Å². The molecule has 5 heterocycles. The highest BCUT2D eigenvalue weighted by atomic mass is 16.2. The molecule has 0 bridgehead atoms. The van der Waals surface area contributed by atoms with Crippen LogP contribution in [-0.4, -0.2) is 74.3 Å². The van der Waals surface area contributed by atoms with Gasteiger partial charge in [-0.15, -0.1) is 0 Å². The smallest absolute Gasteiger partial charge is 0.236 e. The number of aromatic nitrogens is 4. The zero-order valence-electron chi connectivity index (χ0n) is 27.8. The number of carbonyl (C=O) groups is 2. The number of aryl methyl sites for hydroxylation is 1. The van der Waals surface area contributed by atoms with Gasteiger partial charge in [0, 0.05) is 48.2 Å². The zero-order chi connectivity index (χ0) is 31.7. The van der Waals surface area contributed by atoms with Gasteiger partial charge in [0.15, 0.2) is 5.65 Å². The lowest BCUT2D eigenvalue weighted by atomic mass is 9.87. The number of hydrogen-bond donors (Lipinski definition) is 1. The van der Waals surface area contributed by atoms with E-state index < -0.39 is 0 Å². The first-order valence-electron chi connectivity index (χ1n) is 17.2. The summed E-state index contributed by atoms with van der Waals surface area (Å²) in [6.07, 6.45) is 12.2. The molecule has 0 aliphatic carbocycles. The highest BCUT2D eigenvalue weighted by Gasteiger charge is 2.28. The normalized spacial score (nSPS) is 19.2. The van der Waals surface area contributed by atoms with E-state index in [4.69, 9.17) is 0 Å². The van der Waals surface area contributed by atoms with Crippen molar-refractivity contribution in [2.75, 3.05) is 32.7 Å². The molecule has 8 nitrogen and oxygen atoms in total. The predicted molar refractivity (Wildman–Crippen MR) is 181 cm³/mol. The molecule has 45 heavy (non-hydrogen) atoms. The van der Waals surface area contributed by atoms with Crippen molar-refractivity contribution in [2.24, 2.45) is 11.8 Å². The average Bonchev–Trinajstić information content (AvgIpc) is 3.68. The number of nitrogens with one attached hydrogen (secondary N) is 1. The van der Waals surface area contributed by atoms with Gasteiger partial charge in [-0.05, 0) is 117 Å². The number of fused-ring (bicyclic) bond motifs is 2. The topological polar surface area (TPSA) is 86.6 Å². The molecule has 0 saturated carbocycles. The van der Waals surface area contributed by atoms with E-state index >= 15 is 0 Å². The number of likely N-dealkylation sites (tertiary alicyclic amines) is 2. The summed E-state index contributed by atoms with van der Waals surface area (Å²) >= 11 is 0. The molecule has 8 heteroatoms. The highest BCUT2D eigenvalue weighted by molar-refractivity contribution is 5.92. The van der Waals surface area contributed by atoms with Gasteiger partial charge < -0.3 is 14.7 Å². The first-order valence-corrected chi connectivity index (χ1v) is 17.2. The molecule has 0 spiro atoms. The van der Waals surface area contributed by atoms with Gasteiger partial charge in [0.25, 0.3) is 0 Å². The van der Waals surface area contributed by atoms with Gasteiger partial charge in [-0.3, -0.25) is 9.69 Å². The second-order valence-corrected chi connectivity index (χ2v) is 14.0. The van der Waals surface area contributed by atoms with Crippen LogP contribution in [0.3, 0.4) is 0 Å². The molecule has 2 saturated heterocycles. The molecule has 4 aromatic rings. The van der Waals surface area contributed by atoms with Crippen LogP contribution in [0.5, 0.6) is 0 Å². The lowest BCUT2D eigenvalue weighted by Crippen LogP contribution is -2.46. The average molecular weight is 611 g/mol. The van der Waals surface area contributed by atoms with Crippen molar-refractivity contribution in [2.45, 2.75) is 91.4 Å². The summed E-state index contributed by atoms with van der Waals surface area (Å²) in [5.41, 5.74) is 9.51. The Morgan fingerprint density at radius 1 is 1.11 bits per heavy atom. The van der Waals surface area contributed by atoms with E-state index in [9.17, 15) is 9.59 Å². The predicted octanol–water partition coefficient (Wildman–Crippen LogP) is 7.04. The molecule has 1 aromatic carbocycles. The number of piperidine rings is 2. The molecule has 2 atom stereocenters. The van der Waals surface area contributed by atoms with E-state index in [1.165, 1.54) is 39.8 Å².